The third-order valence-corrected chi connectivity index (χ3v) is 5.80. The minimum atomic E-state index is -5.06. The Balaban J connectivity index is 1.66. The van der Waals surface area contributed by atoms with Crippen molar-refractivity contribution in [3.63, 3.8) is 0 Å². The monoisotopic (exact) mass is 458 g/mol. The molecule has 0 amide bonds. The van der Waals surface area contributed by atoms with Crippen molar-refractivity contribution in [2.75, 3.05) is 0 Å². The van der Waals surface area contributed by atoms with Crippen LogP contribution in [0.3, 0.4) is 0 Å². The summed E-state index contributed by atoms with van der Waals surface area (Å²) < 4.78 is 88.4. The van der Waals surface area contributed by atoms with Crippen molar-refractivity contribution in [2.24, 2.45) is 5.92 Å². The van der Waals surface area contributed by atoms with Crippen LogP contribution in [-0.2, 0) is 10.8 Å². The minimum absolute atomic E-state index is 0.0488. The van der Waals surface area contributed by atoms with E-state index in [4.69, 9.17) is 4.74 Å². The van der Waals surface area contributed by atoms with Gasteiger partial charge in [0.2, 0.25) is 0 Å². The fourth-order valence-corrected chi connectivity index (χ4v) is 3.97. The van der Waals surface area contributed by atoms with Gasteiger partial charge < -0.3 is 9.47 Å². The molecule has 0 N–H and O–H groups in total. The van der Waals surface area contributed by atoms with E-state index in [0.29, 0.717) is 17.9 Å². The van der Waals surface area contributed by atoms with Crippen molar-refractivity contribution < 1.29 is 35.8 Å². The van der Waals surface area contributed by atoms with E-state index in [-0.39, 0.29) is 11.1 Å². The zero-order valence-corrected chi connectivity index (χ0v) is 17.5. The molecule has 32 heavy (non-hydrogen) atoms. The summed E-state index contributed by atoms with van der Waals surface area (Å²) in [5, 5.41) is 0. The summed E-state index contributed by atoms with van der Waals surface area (Å²) >= 11 is 0. The molecule has 0 bridgehead atoms. The number of halogens is 6. The van der Waals surface area contributed by atoms with E-state index < -0.39 is 30.1 Å². The van der Waals surface area contributed by atoms with E-state index in [9.17, 15) is 26.3 Å². The van der Waals surface area contributed by atoms with Crippen LogP contribution in [0.5, 0.6) is 5.75 Å². The highest BCUT2D eigenvalue weighted by molar-refractivity contribution is 5.31. The summed E-state index contributed by atoms with van der Waals surface area (Å²) in [6.45, 7) is 5.08. The molecule has 0 aliphatic heterocycles. The van der Waals surface area contributed by atoms with Crippen molar-refractivity contribution in [2.45, 2.75) is 57.1 Å². The number of ether oxygens (including phenoxy) is 2. The summed E-state index contributed by atoms with van der Waals surface area (Å²) in [5.74, 6) is -1.55. The van der Waals surface area contributed by atoms with Crippen molar-refractivity contribution >= 4 is 0 Å². The lowest BCUT2D eigenvalue weighted by Crippen LogP contribution is -2.21. The standard InChI is InChI=1S/C24H24F6O2/c1-3-16-4-6-17(7-5-16)18-8-11-20(12-9-18)23(26,27)31-15(2)19-10-13-22(21(25)14-19)32-24(28,29)30/h3,8-17H,1,4-7H2,2H3. The summed E-state index contributed by atoms with van der Waals surface area (Å²) in [6.07, 6.45) is -4.06. The number of alkyl halides is 5. The van der Waals surface area contributed by atoms with Crippen LogP contribution in [0.4, 0.5) is 26.3 Å². The maximum absolute atomic E-state index is 14.7. The second-order valence-electron chi connectivity index (χ2n) is 7.98. The normalized spacial score (nSPS) is 20.6. The van der Waals surface area contributed by atoms with Gasteiger partial charge in [-0.3, -0.25) is 0 Å². The number of rotatable bonds is 7. The lowest BCUT2D eigenvalue weighted by molar-refractivity contribution is -0.275. The van der Waals surface area contributed by atoms with Gasteiger partial charge in [0, 0.05) is 0 Å². The maximum atomic E-state index is 14.7. The molecule has 0 radical (unpaired) electrons. The molecule has 2 aromatic carbocycles. The van der Waals surface area contributed by atoms with E-state index in [1.54, 1.807) is 12.1 Å². The van der Waals surface area contributed by atoms with Crippen LogP contribution < -0.4 is 4.74 Å². The summed E-state index contributed by atoms with van der Waals surface area (Å²) in [7, 11) is 0. The molecule has 2 aromatic rings. The van der Waals surface area contributed by atoms with Gasteiger partial charge in [-0.2, -0.15) is 8.78 Å². The van der Waals surface area contributed by atoms with Crippen LogP contribution in [0.2, 0.25) is 0 Å². The van der Waals surface area contributed by atoms with Crippen LogP contribution in [0.25, 0.3) is 0 Å². The predicted molar refractivity (Wildman–Crippen MR) is 108 cm³/mol. The Hall–Kier alpha value is -2.48. The van der Waals surface area contributed by atoms with Gasteiger partial charge in [-0.25, -0.2) is 4.39 Å². The molecule has 8 heteroatoms. The van der Waals surface area contributed by atoms with Crippen LogP contribution in [0, 0.1) is 11.7 Å². The zero-order chi connectivity index (χ0) is 23.5. The number of benzene rings is 2. The average Bonchev–Trinajstić information content (AvgIpc) is 2.74. The topological polar surface area (TPSA) is 18.5 Å². The second-order valence-corrected chi connectivity index (χ2v) is 7.98. The Kier molecular flexibility index (Phi) is 7.22. The lowest BCUT2D eigenvalue weighted by Gasteiger charge is -2.27. The molecular weight excluding hydrogens is 434 g/mol. The second kappa shape index (κ2) is 9.57. The van der Waals surface area contributed by atoms with Gasteiger partial charge in [-0.05, 0) is 67.7 Å². The number of hydrogen-bond acceptors (Lipinski definition) is 2. The summed E-state index contributed by atoms with van der Waals surface area (Å²) in [4.78, 5) is 0. The van der Waals surface area contributed by atoms with Crippen LogP contribution in [0.1, 0.15) is 61.3 Å². The highest BCUT2D eigenvalue weighted by atomic mass is 19.4. The van der Waals surface area contributed by atoms with E-state index in [0.717, 1.165) is 43.4 Å². The van der Waals surface area contributed by atoms with Crippen LogP contribution in [0.15, 0.2) is 55.1 Å². The van der Waals surface area contributed by atoms with E-state index >= 15 is 0 Å². The molecule has 2 nitrogen and oxygen atoms in total. The average molecular weight is 458 g/mol. The van der Waals surface area contributed by atoms with Crippen molar-refractivity contribution in [3.05, 3.63) is 77.6 Å². The van der Waals surface area contributed by atoms with Gasteiger partial charge in [0.05, 0.1) is 11.7 Å². The van der Waals surface area contributed by atoms with E-state index in [2.05, 4.69) is 11.3 Å². The summed E-state index contributed by atoms with van der Waals surface area (Å²) in [6, 6.07) is 8.41. The first-order valence-electron chi connectivity index (χ1n) is 10.3. The van der Waals surface area contributed by atoms with Gasteiger partial charge in [0.25, 0.3) is 0 Å². The third kappa shape index (κ3) is 6.06. The fourth-order valence-electron chi connectivity index (χ4n) is 3.97. The van der Waals surface area contributed by atoms with Gasteiger partial charge in [0.1, 0.15) is 0 Å². The Morgan fingerprint density at radius 1 is 0.969 bits per heavy atom. The molecular formula is C24H24F6O2. The molecule has 1 aliphatic carbocycles. The zero-order valence-electron chi connectivity index (χ0n) is 17.5. The van der Waals surface area contributed by atoms with E-state index in [1.807, 2.05) is 6.08 Å². The molecule has 0 spiro atoms. The first-order chi connectivity index (χ1) is 15.0. The van der Waals surface area contributed by atoms with Gasteiger partial charge in [0.15, 0.2) is 11.6 Å². The minimum Gasteiger partial charge on any atom is -0.403 e. The van der Waals surface area contributed by atoms with Crippen LogP contribution in [-0.4, -0.2) is 6.36 Å². The maximum Gasteiger partial charge on any atom is 0.573 e. The smallest absolute Gasteiger partial charge is 0.403 e. The third-order valence-electron chi connectivity index (χ3n) is 5.80. The molecule has 1 aliphatic rings. The first-order valence-corrected chi connectivity index (χ1v) is 10.3. The van der Waals surface area contributed by atoms with Gasteiger partial charge in [-0.15, -0.1) is 19.8 Å². The molecule has 0 aromatic heterocycles. The largest absolute Gasteiger partial charge is 0.573 e. The van der Waals surface area contributed by atoms with Gasteiger partial charge in [-0.1, -0.05) is 36.4 Å². The number of allylic oxidation sites excluding steroid dienone is 1. The molecule has 3 rings (SSSR count). The Morgan fingerprint density at radius 3 is 2.12 bits per heavy atom. The molecule has 174 valence electrons. The summed E-state index contributed by atoms with van der Waals surface area (Å²) in [5.41, 5.74) is 0.583. The molecule has 1 fully saturated rings. The Labute approximate surface area is 182 Å². The number of hydrogen-bond donors (Lipinski definition) is 0. The highest BCUT2D eigenvalue weighted by Crippen LogP contribution is 2.39. The molecule has 0 heterocycles. The van der Waals surface area contributed by atoms with E-state index in [1.165, 1.54) is 19.1 Å². The SMILES string of the molecule is C=CC1CCC(c2ccc(C(F)(F)OC(C)c3ccc(OC(F)(F)F)c(F)c3)cc2)CC1. The molecule has 1 saturated carbocycles. The predicted octanol–water partition coefficient (Wildman–Crippen LogP) is 8.01. The Bertz CT molecular complexity index is 915. The molecule has 1 unspecified atom stereocenters. The fraction of sp³-hybridized carbons (Fsp3) is 0.417. The van der Waals surface area contributed by atoms with Crippen molar-refractivity contribution in [1.82, 2.24) is 0 Å². The quantitative estimate of drug-likeness (QED) is 0.309. The van der Waals surface area contributed by atoms with Crippen LogP contribution >= 0.6 is 0 Å². The van der Waals surface area contributed by atoms with Crippen molar-refractivity contribution in [1.29, 1.82) is 0 Å². The molecule has 1 atom stereocenters. The van der Waals surface area contributed by atoms with Gasteiger partial charge >= 0.3 is 12.5 Å². The lowest BCUT2D eigenvalue weighted by atomic mass is 9.78. The molecule has 0 saturated heterocycles. The highest BCUT2D eigenvalue weighted by Gasteiger charge is 2.36. The first kappa shape index (κ1) is 24.2. The van der Waals surface area contributed by atoms with Crippen molar-refractivity contribution in [3.8, 4) is 5.75 Å². The Morgan fingerprint density at radius 2 is 1.59 bits per heavy atom.